The first-order valence-corrected chi connectivity index (χ1v) is 12.4. The van der Waals surface area contributed by atoms with Crippen LogP contribution < -0.4 is 15.1 Å². The molecule has 0 radical (unpaired) electrons. The van der Waals surface area contributed by atoms with Gasteiger partial charge in [0.25, 0.3) is 0 Å². The van der Waals surface area contributed by atoms with E-state index >= 15 is 0 Å². The van der Waals surface area contributed by atoms with Crippen LogP contribution in [-0.2, 0) is 4.79 Å². The van der Waals surface area contributed by atoms with Crippen molar-refractivity contribution < 1.29 is 4.79 Å². The maximum Gasteiger partial charge on any atom is 0.227 e. The number of amides is 1. The number of nitrogens with zero attached hydrogens (tertiary/aromatic N) is 5. The van der Waals surface area contributed by atoms with Gasteiger partial charge >= 0.3 is 0 Å². The highest BCUT2D eigenvalue weighted by Gasteiger charge is 2.24. The number of nitrogens with one attached hydrogen (secondary N) is 2. The number of rotatable bonds is 5. The van der Waals surface area contributed by atoms with Gasteiger partial charge in [-0.2, -0.15) is 5.10 Å². The van der Waals surface area contributed by atoms with Crippen molar-refractivity contribution in [3.05, 3.63) is 61.2 Å². The van der Waals surface area contributed by atoms with Gasteiger partial charge in [-0.25, -0.2) is 9.97 Å². The van der Waals surface area contributed by atoms with Crippen LogP contribution in [0.25, 0.3) is 22.0 Å². The summed E-state index contributed by atoms with van der Waals surface area (Å²) in [7, 11) is 0. The summed E-state index contributed by atoms with van der Waals surface area (Å²) >= 11 is 0. The molecule has 1 saturated heterocycles. The molecule has 1 aliphatic carbocycles. The second-order valence-corrected chi connectivity index (χ2v) is 9.41. The molecule has 2 aromatic heterocycles. The molecule has 3 heterocycles. The number of carbonyl (C=O) groups is 1. The largest absolute Gasteiger partial charge is 0.368 e. The van der Waals surface area contributed by atoms with Crippen molar-refractivity contribution in [3.8, 4) is 11.1 Å². The van der Waals surface area contributed by atoms with E-state index in [9.17, 15) is 4.79 Å². The Bertz CT molecular complexity index is 1320. The van der Waals surface area contributed by atoms with Crippen LogP contribution in [0.2, 0.25) is 0 Å². The summed E-state index contributed by atoms with van der Waals surface area (Å²) in [4.78, 5) is 26.4. The number of carbonyl (C=O) groups excluding carboxylic acids is 1. The summed E-state index contributed by atoms with van der Waals surface area (Å²) in [5.74, 6) is 1.30. The third-order valence-electron chi connectivity index (χ3n) is 7.23. The standard InChI is InChI=1S/C27H29N7O.CH4/c35-27(19-4-1-2-5-19)32-22-6-3-7-23(15-22)33-10-12-34(13-11-33)26-24-14-20(21-16-30-31-17-21)8-9-25(24)28-18-29-26;/h3,6-9,14-19H,1-2,4-5,10-13H2,(H,30,31)(H,32,35);1H4. The second-order valence-electron chi connectivity index (χ2n) is 9.41. The molecule has 0 bridgehead atoms. The Morgan fingerprint density at radius 3 is 2.53 bits per heavy atom. The fourth-order valence-electron chi connectivity index (χ4n) is 5.27. The number of piperazine rings is 1. The maximum atomic E-state index is 12.6. The third-order valence-corrected chi connectivity index (χ3v) is 7.23. The Balaban J connectivity index is 0.00000267. The number of H-pyrrole nitrogens is 1. The van der Waals surface area contributed by atoms with E-state index in [2.05, 4.69) is 59.5 Å². The Hall–Kier alpha value is -3.94. The fourth-order valence-corrected chi connectivity index (χ4v) is 5.27. The van der Waals surface area contributed by atoms with Gasteiger partial charge in [-0.3, -0.25) is 9.89 Å². The van der Waals surface area contributed by atoms with Crippen molar-refractivity contribution in [1.82, 2.24) is 20.2 Å². The van der Waals surface area contributed by atoms with Crippen LogP contribution in [0.1, 0.15) is 33.1 Å². The monoisotopic (exact) mass is 483 g/mol. The Morgan fingerprint density at radius 1 is 0.944 bits per heavy atom. The van der Waals surface area contributed by atoms with Crippen molar-refractivity contribution in [2.75, 3.05) is 41.3 Å². The van der Waals surface area contributed by atoms with Crippen molar-refractivity contribution in [2.45, 2.75) is 33.1 Å². The summed E-state index contributed by atoms with van der Waals surface area (Å²) in [5.41, 5.74) is 5.11. The van der Waals surface area contributed by atoms with Crippen molar-refractivity contribution in [2.24, 2.45) is 5.92 Å². The van der Waals surface area contributed by atoms with Gasteiger partial charge in [0.15, 0.2) is 0 Å². The lowest BCUT2D eigenvalue weighted by Crippen LogP contribution is -2.47. The first kappa shape index (κ1) is 23.8. The van der Waals surface area contributed by atoms with Gasteiger partial charge in [0.05, 0.1) is 11.7 Å². The SMILES string of the molecule is C.O=C(Nc1cccc(N2CCN(c3ncnc4ccc(-c5cn[nH]c5)cc34)CC2)c1)C1CCCC1. The highest BCUT2D eigenvalue weighted by atomic mass is 16.1. The van der Waals surface area contributed by atoms with E-state index in [-0.39, 0.29) is 19.3 Å². The minimum absolute atomic E-state index is 0. The van der Waals surface area contributed by atoms with Crippen LogP contribution in [0.4, 0.5) is 17.2 Å². The quantitative estimate of drug-likeness (QED) is 0.410. The van der Waals surface area contributed by atoms with Crippen LogP contribution in [0.5, 0.6) is 0 Å². The second kappa shape index (κ2) is 10.4. The molecule has 2 N–H and O–H groups in total. The number of benzene rings is 2. The molecule has 4 aromatic rings. The minimum atomic E-state index is 0. The van der Waals surface area contributed by atoms with E-state index in [1.54, 1.807) is 6.33 Å². The predicted molar refractivity (Wildman–Crippen MR) is 145 cm³/mol. The van der Waals surface area contributed by atoms with E-state index in [4.69, 9.17) is 0 Å². The lowest BCUT2D eigenvalue weighted by molar-refractivity contribution is -0.119. The first-order chi connectivity index (χ1) is 17.2. The lowest BCUT2D eigenvalue weighted by atomic mass is 10.1. The molecule has 8 nitrogen and oxygen atoms in total. The highest BCUT2D eigenvalue weighted by Crippen LogP contribution is 2.30. The van der Waals surface area contributed by atoms with Gasteiger partial charge < -0.3 is 15.1 Å². The predicted octanol–water partition coefficient (Wildman–Crippen LogP) is 5.11. The van der Waals surface area contributed by atoms with E-state index in [0.29, 0.717) is 0 Å². The Kier molecular flexibility index (Phi) is 6.84. The number of hydrogen-bond acceptors (Lipinski definition) is 6. The minimum Gasteiger partial charge on any atom is -0.368 e. The molecule has 36 heavy (non-hydrogen) atoms. The molecule has 186 valence electrons. The Labute approximate surface area is 211 Å². The molecule has 8 heteroatoms. The molecule has 0 unspecified atom stereocenters. The molecule has 0 spiro atoms. The molecule has 2 fully saturated rings. The lowest BCUT2D eigenvalue weighted by Gasteiger charge is -2.37. The summed E-state index contributed by atoms with van der Waals surface area (Å²) < 4.78 is 0. The molecule has 0 atom stereocenters. The smallest absolute Gasteiger partial charge is 0.227 e. The molecule has 6 rings (SSSR count). The zero-order valence-corrected chi connectivity index (χ0v) is 19.7. The topological polar surface area (TPSA) is 90.0 Å². The summed E-state index contributed by atoms with van der Waals surface area (Å²) in [6.07, 6.45) is 9.71. The van der Waals surface area contributed by atoms with Gasteiger partial charge in [0, 0.05) is 60.6 Å². The average molecular weight is 484 g/mol. The molecule has 1 saturated carbocycles. The van der Waals surface area contributed by atoms with E-state index < -0.39 is 0 Å². The molecule has 1 aliphatic heterocycles. The normalized spacial score (nSPS) is 16.2. The van der Waals surface area contributed by atoms with E-state index in [1.807, 2.05) is 30.6 Å². The van der Waals surface area contributed by atoms with Crippen molar-refractivity contribution >= 4 is 34.0 Å². The van der Waals surface area contributed by atoms with Crippen LogP contribution in [-0.4, -0.2) is 52.3 Å². The van der Waals surface area contributed by atoms with Crippen LogP contribution >= 0.6 is 0 Å². The van der Waals surface area contributed by atoms with Gasteiger partial charge in [0.2, 0.25) is 5.91 Å². The number of anilines is 3. The zero-order chi connectivity index (χ0) is 23.6. The van der Waals surface area contributed by atoms with Gasteiger partial charge in [0.1, 0.15) is 12.1 Å². The molecular weight excluding hydrogens is 450 g/mol. The maximum absolute atomic E-state index is 12.6. The number of aromatic nitrogens is 4. The first-order valence-electron chi connectivity index (χ1n) is 12.4. The number of aromatic amines is 1. The summed E-state index contributed by atoms with van der Waals surface area (Å²) in [6.45, 7) is 3.49. The van der Waals surface area contributed by atoms with E-state index in [1.165, 1.54) is 0 Å². The van der Waals surface area contributed by atoms with Gasteiger partial charge in [-0.1, -0.05) is 32.4 Å². The van der Waals surface area contributed by atoms with Crippen molar-refractivity contribution in [3.63, 3.8) is 0 Å². The van der Waals surface area contributed by atoms with Crippen LogP contribution in [0.3, 0.4) is 0 Å². The average Bonchev–Trinajstić information content (AvgIpc) is 3.64. The summed E-state index contributed by atoms with van der Waals surface area (Å²) in [6, 6.07) is 14.5. The molecule has 2 aromatic carbocycles. The fraction of sp³-hybridized carbons (Fsp3) is 0.357. The van der Waals surface area contributed by atoms with Crippen LogP contribution in [0, 0.1) is 5.92 Å². The van der Waals surface area contributed by atoms with Gasteiger partial charge in [-0.15, -0.1) is 0 Å². The highest BCUT2D eigenvalue weighted by molar-refractivity contribution is 5.94. The van der Waals surface area contributed by atoms with Gasteiger partial charge in [-0.05, 0) is 48.7 Å². The molecule has 2 aliphatic rings. The van der Waals surface area contributed by atoms with Crippen molar-refractivity contribution in [1.29, 1.82) is 0 Å². The summed E-state index contributed by atoms with van der Waals surface area (Å²) in [5, 5.41) is 11.1. The molecular formula is C28H33N7O. The molecule has 1 amide bonds. The number of fused-ring (bicyclic) bond motifs is 1. The Morgan fingerprint density at radius 2 is 1.75 bits per heavy atom. The third kappa shape index (κ3) is 4.76. The number of hydrogen-bond donors (Lipinski definition) is 2. The van der Waals surface area contributed by atoms with E-state index in [0.717, 1.165) is 91.1 Å². The zero-order valence-electron chi connectivity index (χ0n) is 19.7. The van der Waals surface area contributed by atoms with Crippen LogP contribution in [0.15, 0.2) is 61.2 Å².